The molecule has 0 bridgehead atoms. The molecule has 1 heterocycles. The first-order valence-electron chi connectivity index (χ1n) is 3.06. The van der Waals surface area contributed by atoms with E-state index in [1.807, 2.05) is 0 Å². The topological polar surface area (TPSA) is 64.7 Å². The minimum Gasteiger partial charge on any atom is -0.379 e. The molecule has 1 rings (SSSR count). The van der Waals surface area contributed by atoms with Crippen molar-refractivity contribution in [2.75, 3.05) is 0 Å². The van der Waals surface area contributed by atoms with Crippen molar-refractivity contribution in [3.05, 3.63) is 0 Å². The van der Waals surface area contributed by atoms with Crippen molar-refractivity contribution in [2.45, 2.75) is 25.9 Å². The summed E-state index contributed by atoms with van der Waals surface area (Å²) < 4.78 is 0. The van der Waals surface area contributed by atoms with Crippen LogP contribution in [0.15, 0.2) is 5.16 Å². The minimum atomic E-state index is -0.899. The molecular formula is C6H10N2O2. The van der Waals surface area contributed by atoms with Crippen molar-refractivity contribution in [1.82, 2.24) is 0 Å². The Morgan fingerprint density at radius 3 is 2.70 bits per heavy atom. The summed E-state index contributed by atoms with van der Waals surface area (Å²) in [6.07, 6.45) is 0.502. The van der Waals surface area contributed by atoms with E-state index in [9.17, 15) is 4.79 Å². The summed E-state index contributed by atoms with van der Waals surface area (Å²) >= 11 is 0. The molecule has 0 fully saturated rings. The van der Waals surface area contributed by atoms with Gasteiger partial charge in [-0.2, -0.15) is 0 Å². The molecule has 4 nitrogen and oxygen atoms in total. The number of nitrogens with zero attached hydrogens (tertiary/aromatic N) is 1. The molecule has 1 unspecified atom stereocenters. The summed E-state index contributed by atoms with van der Waals surface area (Å²) in [5.41, 5.74) is 4.96. The van der Waals surface area contributed by atoms with Crippen LogP contribution in [0.4, 0.5) is 0 Å². The first-order valence-corrected chi connectivity index (χ1v) is 3.06. The Morgan fingerprint density at radius 1 is 1.90 bits per heavy atom. The fraction of sp³-hybridized carbons (Fsp3) is 0.667. The fourth-order valence-corrected chi connectivity index (χ4v) is 0.864. The lowest BCUT2D eigenvalue weighted by Crippen LogP contribution is -2.40. The number of carbonyl (C=O) groups excluding carboxylic acids is 1. The van der Waals surface area contributed by atoms with Gasteiger partial charge in [0.25, 0.3) is 5.91 Å². The summed E-state index contributed by atoms with van der Waals surface area (Å²) in [5.74, 6) is -0.465. The van der Waals surface area contributed by atoms with Crippen LogP contribution in [0, 0.1) is 0 Å². The molecule has 1 aliphatic rings. The van der Waals surface area contributed by atoms with Crippen LogP contribution in [-0.2, 0) is 9.63 Å². The van der Waals surface area contributed by atoms with Crippen LogP contribution in [0.2, 0.25) is 0 Å². The second-order valence-corrected chi connectivity index (χ2v) is 2.69. The summed E-state index contributed by atoms with van der Waals surface area (Å²) in [6.45, 7) is 3.43. The Hall–Kier alpha value is -1.06. The number of rotatable bonds is 1. The van der Waals surface area contributed by atoms with E-state index in [-0.39, 0.29) is 0 Å². The molecule has 0 aromatic heterocycles. The molecule has 56 valence electrons. The molecule has 4 heteroatoms. The van der Waals surface area contributed by atoms with E-state index in [2.05, 4.69) is 5.16 Å². The number of primary amides is 1. The Bertz CT molecular complexity index is 200. The third-order valence-corrected chi connectivity index (χ3v) is 1.52. The van der Waals surface area contributed by atoms with Gasteiger partial charge in [0.15, 0.2) is 0 Å². The highest BCUT2D eigenvalue weighted by Crippen LogP contribution is 2.22. The van der Waals surface area contributed by atoms with Gasteiger partial charge in [0, 0.05) is 6.42 Å². The maximum absolute atomic E-state index is 10.7. The molecule has 0 aromatic carbocycles. The normalized spacial score (nSPS) is 31.2. The van der Waals surface area contributed by atoms with Gasteiger partial charge in [-0.25, -0.2) is 0 Å². The quantitative estimate of drug-likeness (QED) is 0.561. The largest absolute Gasteiger partial charge is 0.379 e. The van der Waals surface area contributed by atoms with Crippen LogP contribution in [0.3, 0.4) is 0 Å². The first kappa shape index (κ1) is 7.05. The van der Waals surface area contributed by atoms with Crippen molar-refractivity contribution < 1.29 is 9.63 Å². The molecule has 0 spiro atoms. The zero-order valence-electron chi connectivity index (χ0n) is 6.05. The number of oxime groups is 1. The lowest BCUT2D eigenvalue weighted by Gasteiger charge is -2.15. The number of carbonyl (C=O) groups is 1. The van der Waals surface area contributed by atoms with Gasteiger partial charge in [-0.15, -0.1) is 0 Å². The van der Waals surface area contributed by atoms with Crippen LogP contribution in [-0.4, -0.2) is 17.2 Å². The summed E-state index contributed by atoms with van der Waals surface area (Å²) in [4.78, 5) is 15.5. The van der Waals surface area contributed by atoms with Gasteiger partial charge >= 0.3 is 0 Å². The number of nitrogens with two attached hydrogens (primary N) is 1. The lowest BCUT2D eigenvalue weighted by molar-refractivity contribution is -0.138. The van der Waals surface area contributed by atoms with Crippen LogP contribution in [0.25, 0.3) is 0 Å². The monoisotopic (exact) mass is 142 g/mol. The van der Waals surface area contributed by atoms with E-state index in [1.165, 1.54) is 0 Å². The number of hydrogen-bond acceptors (Lipinski definition) is 3. The van der Waals surface area contributed by atoms with E-state index >= 15 is 0 Å². The highest BCUT2D eigenvalue weighted by Gasteiger charge is 2.38. The number of hydrogen-bond donors (Lipinski definition) is 1. The summed E-state index contributed by atoms with van der Waals surface area (Å²) in [6, 6.07) is 0. The van der Waals surface area contributed by atoms with E-state index in [4.69, 9.17) is 10.6 Å². The standard InChI is InChI=1S/C6H10N2O2/c1-4-3-6(2,5(7)9)10-8-4/h3H2,1-2H3,(H2,7,9). The lowest BCUT2D eigenvalue weighted by atomic mass is 10.0. The molecule has 0 saturated carbocycles. The molecular weight excluding hydrogens is 132 g/mol. The predicted molar refractivity (Wildman–Crippen MR) is 36.4 cm³/mol. The molecule has 1 aliphatic heterocycles. The van der Waals surface area contributed by atoms with Gasteiger partial charge in [0.2, 0.25) is 5.60 Å². The highest BCUT2D eigenvalue weighted by atomic mass is 16.7. The van der Waals surface area contributed by atoms with Crippen LogP contribution < -0.4 is 5.73 Å². The van der Waals surface area contributed by atoms with Crippen molar-refractivity contribution in [2.24, 2.45) is 10.9 Å². The van der Waals surface area contributed by atoms with Gasteiger partial charge in [0.05, 0.1) is 5.71 Å². The SMILES string of the molecule is CC1=NOC(C)(C(N)=O)C1. The van der Waals surface area contributed by atoms with Crippen molar-refractivity contribution in [3.8, 4) is 0 Å². The zero-order valence-corrected chi connectivity index (χ0v) is 6.05. The second-order valence-electron chi connectivity index (χ2n) is 2.69. The van der Waals surface area contributed by atoms with Crippen LogP contribution in [0.1, 0.15) is 20.3 Å². The van der Waals surface area contributed by atoms with Crippen LogP contribution in [0.5, 0.6) is 0 Å². The number of amides is 1. The Balaban J connectivity index is 2.70. The van der Waals surface area contributed by atoms with E-state index in [1.54, 1.807) is 13.8 Å². The molecule has 0 saturated heterocycles. The van der Waals surface area contributed by atoms with Gasteiger partial charge < -0.3 is 10.6 Å². The van der Waals surface area contributed by atoms with Crippen LogP contribution >= 0.6 is 0 Å². The summed E-state index contributed by atoms with van der Waals surface area (Å²) in [5, 5.41) is 3.63. The van der Waals surface area contributed by atoms with Gasteiger partial charge in [-0.05, 0) is 13.8 Å². The van der Waals surface area contributed by atoms with E-state index < -0.39 is 11.5 Å². The Morgan fingerprint density at radius 2 is 2.50 bits per heavy atom. The average Bonchev–Trinajstić information content (AvgIpc) is 2.13. The zero-order chi connectivity index (χ0) is 7.78. The maximum atomic E-state index is 10.7. The van der Waals surface area contributed by atoms with Gasteiger partial charge in [0.1, 0.15) is 0 Å². The Labute approximate surface area is 59.0 Å². The average molecular weight is 142 g/mol. The maximum Gasteiger partial charge on any atom is 0.264 e. The molecule has 1 atom stereocenters. The second kappa shape index (κ2) is 1.97. The summed E-state index contributed by atoms with van der Waals surface area (Å²) in [7, 11) is 0. The molecule has 10 heavy (non-hydrogen) atoms. The fourth-order valence-electron chi connectivity index (χ4n) is 0.864. The molecule has 2 N–H and O–H groups in total. The molecule has 1 amide bonds. The Kier molecular flexibility index (Phi) is 1.39. The third kappa shape index (κ3) is 0.964. The highest BCUT2D eigenvalue weighted by molar-refractivity contribution is 5.93. The van der Waals surface area contributed by atoms with Crippen molar-refractivity contribution >= 4 is 11.6 Å². The van der Waals surface area contributed by atoms with E-state index in [0.29, 0.717) is 6.42 Å². The molecule has 0 radical (unpaired) electrons. The van der Waals surface area contributed by atoms with Crippen molar-refractivity contribution in [1.29, 1.82) is 0 Å². The molecule has 0 aromatic rings. The smallest absolute Gasteiger partial charge is 0.264 e. The predicted octanol–water partition coefficient (Wildman–Crippen LogP) is 0.0266. The third-order valence-electron chi connectivity index (χ3n) is 1.52. The first-order chi connectivity index (χ1) is 4.54. The van der Waals surface area contributed by atoms with E-state index in [0.717, 1.165) is 5.71 Å². The molecule has 0 aliphatic carbocycles. The van der Waals surface area contributed by atoms with Gasteiger partial charge in [-0.3, -0.25) is 4.79 Å². The van der Waals surface area contributed by atoms with Gasteiger partial charge in [-0.1, -0.05) is 5.16 Å². The van der Waals surface area contributed by atoms with Crippen molar-refractivity contribution in [3.63, 3.8) is 0 Å². The minimum absolute atomic E-state index is 0.465.